The summed E-state index contributed by atoms with van der Waals surface area (Å²) in [6.45, 7) is 7.54. The second-order valence-corrected chi connectivity index (χ2v) is 4.69. The van der Waals surface area contributed by atoms with Crippen LogP contribution < -0.4 is 10.6 Å². The van der Waals surface area contributed by atoms with Crippen molar-refractivity contribution in [2.24, 2.45) is 5.92 Å². The molecule has 4 nitrogen and oxygen atoms in total. The first kappa shape index (κ1) is 13.5. The Hall–Kier alpha value is -0.610. The lowest BCUT2D eigenvalue weighted by Gasteiger charge is -2.10. The lowest BCUT2D eigenvalue weighted by atomic mass is 10.0. The first-order valence-electron chi connectivity index (χ1n) is 6.27. The minimum atomic E-state index is 0.179. The molecule has 1 unspecified atom stereocenters. The summed E-state index contributed by atoms with van der Waals surface area (Å²) in [5.74, 6) is 0.713. The summed E-state index contributed by atoms with van der Waals surface area (Å²) in [6, 6.07) is 0. The van der Waals surface area contributed by atoms with E-state index in [9.17, 15) is 4.79 Å². The molecule has 1 amide bonds. The van der Waals surface area contributed by atoms with Crippen LogP contribution in [0.2, 0.25) is 0 Å². The van der Waals surface area contributed by atoms with E-state index in [1.54, 1.807) is 0 Å². The molecular formula is C12H24N2O2. The van der Waals surface area contributed by atoms with Crippen LogP contribution in [0.25, 0.3) is 0 Å². The van der Waals surface area contributed by atoms with Crippen LogP contribution in [0, 0.1) is 5.92 Å². The molecule has 0 bridgehead atoms. The van der Waals surface area contributed by atoms with E-state index in [1.165, 1.54) is 0 Å². The van der Waals surface area contributed by atoms with Gasteiger partial charge in [0, 0.05) is 19.6 Å². The summed E-state index contributed by atoms with van der Waals surface area (Å²) >= 11 is 0. The fourth-order valence-corrected chi connectivity index (χ4v) is 1.84. The molecule has 1 aliphatic rings. The van der Waals surface area contributed by atoms with E-state index in [-0.39, 0.29) is 12.0 Å². The summed E-state index contributed by atoms with van der Waals surface area (Å²) in [5, 5.41) is 6.20. The van der Waals surface area contributed by atoms with Crippen LogP contribution >= 0.6 is 0 Å². The van der Waals surface area contributed by atoms with Gasteiger partial charge in [-0.1, -0.05) is 0 Å². The first-order chi connectivity index (χ1) is 7.68. The predicted molar refractivity (Wildman–Crippen MR) is 64.3 cm³/mol. The SMILES string of the molecule is CC(C)OCCCNC(=O)CC1CCNC1. The molecule has 1 rings (SSSR count). The Balaban J connectivity index is 1.93. The zero-order valence-corrected chi connectivity index (χ0v) is 10.4. The Morgan fingerprint density at radius 1 is 1.56 bits per heavy atom. The van der Waals surface area contributed by atoms with E-state index in [0.29, 0.717) is 12.3 Å². The quantitative estimate of drug-likeness (QED) is 0.637. The standard InChI is InChI=1S/C12H24N2O2/c1-10(2)16-7-3-5-14-12(15)8-11-4-6-13-9-11/h10-11,13H,3-9H2,1-2H3,(H,14,15). The highest BCUT2D eigenvalue weighted by Crippen LogP contribution is 2.11. The third-order valence-corrected chi connectivity index (χ3v) is 2.73. The molecule has 16 heavy (non-hydrogen) atoms. The summed E-state index contributed by atoms with van der Waals surface area (Å²) < 4.78 is 5.40. The van der Waals surface area contributed by atoms with Gasteiger partial charge in [-0.25, -0.2) is 0 Å². The number of carbonyl (C=O) groups excluding carboxylic acids is 1. The molecule has 0 radical (unpaired) electrons. The number of hydrogen-bond acceptors (Lipinski definition) is 3. The van der Waals surface area contributed by atoms with E-state index < -0.39 is 0 Å². The summed E-state index contributed by atoms with van der Waals surface area (Å²) in [6.07, 6.45) is 2.97. The van der Waals surface area contributed by atoms with Crippen LogP contribution in [0.4, 0.5) is 0 Å². The summed E-state index contributed by atoms with van der Waals surface area (Å²) in [5.41, 5.74) is 0. The lowest BCUT2D eigenvalue weighted by molar-refractivity contribution is -0.121. The molecule has 0 aromatic carbocycles. The molecule has 1 atom stereocenters. The second-order valence-electron chi connectivity index (χ2n) is 4.69. The smallest absolute Gasteiger partial charge is 0.220 e. The van der Waals surface area contributed by atoms with E-state index in [2.05, 4.69) is 10.6 Å². The van der Waals surface area contributed by atoms with Crippen molar-refractivity contribution >= 4 is 5.91 Å². The molecule has 0 aliphatic carbocycles. The molecule has 0 aromatic rings. The van der Waals surface area contributed by atoms with Gasteiger partial charge in [-0.3, -0.25) is 4.79 Å². The van der Waals surface area contributed by atoms with Crippen LogP contribution in [-0.2, 0) is 9.53 Å². The molecular weight excluding hydrogens is 204 g/mol. The highest BCUT2D eigenvalue weighted by molar-refractivity contribution is 5.76. The maximum Gasteiger partial charge on any atom is 0.220 e. The van der Waals surface area contributed by atoms with Crippen molar-refractivity contribution in [3.8, 4) is 0 Å². The normalized spacial score (nSPS) is 20.3. The molecule has 1 saturated heterocycles. The number of nitrogens with one attached hydrogen (secondary N) is 2. The topological polar surface area (TPSA) is 50.4 Å². The van der Waals surface area contributed by atoms with E-state index in [1.807, 2.05) is 13.8 Å². The molecule has 1 fully saturated rings. The molecule has 1 heterocycles. The van der Waals surface area contributed by atoms with Crippen LogP contribution in [0.15, 0.2) is 0 Å². The minimum Gasteiger partial charge on any atom is -0.379 e. The Morgan fingerprint density at radius 3 is 3.00 bits per heavy atom. The van der Waals surface area contributed by atoms with Gasteiger partial charge >= 0.3 is 0 Å². The average Bonchev–Trinajstić information content (AvgIpc) is 2.69. The van der Waals surface area contributed by atoms with Crippen molar-refractivity contribution in [1.29, 1.82) is 0 Å². The van der Waals surface area contributed by atoms with Crippen LogP contribution in [-0.4, -0.2) is 38.3 Å². The third-order valence-electron chi connectivity index (χ3n) is 2.73. The minimum absolute atomic E-state index is 0.179. The molecule has 0 saturated carbocycles. The van der Waals surface area contributed by atoms with Gasteiger partial charge < -0.3 is 15.4 Å². The molecule has 94 valence electrons. The lowest BCUT2D eigenvalue weighted by Crippen LogP contribution is -2.28. The Labute approximate surface area is 98.1 Å². The molecule has 4 heteroatoms. The van der Waals surface area contributed by atoms with Gasteiger partial charge in [-0.2, -0.15) is 0 Å². The van der Waals surface area contributed by atoms with Crippen molar-refractivity contribution in [1.82, 2.24) is 10.6 Å². The highest BCUT2D eigenvalue weighted by atomic mass is 16.5. The Bertz CT molecular complexity index is 201. The third kappa shape index (κ3) is 6.08. The van der Waals surface area contributed by atoms with E-state index in [4.69, 9.17) is 4.74 Å². The summed E-state index contributed by atoms with van der Waals surface area (Å²) in [4.78, 5) is 11.5. The first-order valence-corrected chi connectivity index (χ1v) is 6.27. The van der Waals surface area contributed by atoms with Crippen molar-refractivity contribution < 1.29 is 9.53 Å². The number of rotatable bonds is 7. The van der Waals surface area contributed by atoms with Crippen LogP contribution in [0.1, 0.15) is 33.1 Å². The molecule has 0 spiro atoms. The maximum absolute atomic E-state index is 11.5. The van der Waals surface area contributed by atoms with Gasteiger partial charge in [-0.15, -0.1) is 0 Å². The largest absolute Gasteiger partial charge is 0.379 e. The monoisotopic (exact) mass is 228 g/mol. The zero-order chi connectivity index (χ0) is 11.8. The van der Waals surface area contributed by atoms with Crippen molar-refractivity contribution in [2.75, 3.05) is 26.2 Å². The van der Waals surface area contributed by atoms with Gasteiger partial charge in [0.05, 0.1) is 6.10 Å². The maximum atomic E-state index is 11.5. The number of ether oxygens (including phenoxy) is 1. The fraction of sp³-hybridized carbons (Fsp3) is 0.917. The van der Waals surface area contributed by atoms with Crippen LogP contribution in [0.5, 0.6) is 0 Å². The number of carbonyl (C=O) groups is 1. The summed E-state index contributed by atoms with van der Waals surface area (Å²) in [7, 11) is 0. The van der Waals surface area contributed by atoms with Gasteiger partial charge in [0.15, 0.2) is 0 Å². The Morgan fingerprint density at radius 2 is 2.38 bits per heavy atom. The van der Waals surface area contributed by atoms with E-state index in [0.717, 1.165) is 39.1 Å². The van der Waals surface area contributed by atoms with Crippen molar-refractivity contribution in [3.05, 3.63) is 0 Å². The van der Waals surface area contributed by atoms with Gasteiger partial charge in [0.25, 0.3) is 0 Å². The number of hydrogen-bond donors (Lipinski definition) is 2. The van der Waals surface area contributed by atoms with Gasteiger partial charge in [0.2, 0.25) is 5.91 Å². The van der Waals surface area contributed by atoms with Crippen molar-refractivity contribution in [3.63, 3.8) is 0 Å². The van der Waals surface area contributed by atoms with Crippen LogP contribution in [0.3, 0.4) is 0 Å². The second kappa shape index (κ2) is 7.63. The number of amides is 1. The average molecular weight is 228 g/mol. The van der Waals surface area contributed by atoms with Gasteiger partial charge in [-0.05, 0) is 45.7 Å². The van der Waals surface area contributed by atoms with Crippen molar-refractivity contribution in [2.45, 2.75) is 39.2 Å². The Kier molecular flexibility index (Phi) is 6.42. The molecule has 0 aromatic heterocycles. The predicted octanol–water partition coefficient (Wildman–Crippen LogP) is 0.917. The highest BCUT2D eigenvalue weighted by Gasteiger charge is 2.17. The van der Waals surface area contributed by atoms with Gasteiger partial charge in [0.1, 0.15) is 0 Å². The zero-order valence-electron chi connectivity index (χ0n) is 10.4. The fourth-order valence-electron chi connectivity index (χ4n) is 1.84. The van der Waals surface area contributed by atoms with E-state index >= 15 is 0 Å². The molecule has 2 N–H and O–H groups in total. The molecule has 1 aliphatic heterocycles.